The minimum atomic E-state index is -0.362. The van der Waals surface area contributed by atoms with Gasteiger partial charge in [-0.05, 0) is 46.2 Å². The van der Waals surface area contributed by atoms with Gasteiger partial charge in [0, 0.05) is 21.1 Å². The average Bonchev–Trinajstić information content (AvgIpc) is 2.80. The van der Waals surface area contributed by atoms with E-state index in [0.717, 1.165) is 8.45 Å². The van der Waals surface area contributed by atoms with E-state index in [0.29, 0.717) is 12.2 Å². The largest absolute Gasteiger partial charge is 0.375 e. The Hall–Kier alpha value is -1.15. The fourth-order valence-corrected chi connectivity index (χ4v) is 2.52. The van der Waals surface area contributed by atoms with Crippen LogP contribution in [0.15, 0.2) is 35.7 Å². The Morgan fingerprint density at radius 3 is 2.88 bits per heavy atom. The Balaban J connectivity index is 2.17. The van der Waals surface area contributed by atoms with Gasteiger partial charge in [-0.15, -0.1) is 11.3 Å². The van der Waals surface area contributed by atoms with Gasteiger partial charge in [-0.25, -0.2) is 0 Å². The van der Waals surface area contributed by atoms with E-state index in [4.69, 9.17) is 0 Å². The first kappa shape index (κ1) is 12.3. The molecule has 1 heterocycles. The minimum Gasteiger partial charge on any atom is -0.375 e. The predicted octanol–water partition coefficient (Wildman–Crippen LogP) is 3.87. The molecule has 0 saturated heterocycles. The van der Waals surface area contributed by atoms with Crippen LogP contribution in [0.3, 0.4) is 0 Å². The monoisotopic (exact) mass is 360 g/mol. The van der Waals surface area contributed by atoms with Crippen molar-refractivity contribution in [1.29, 1.82) is 0 Å². The Morgan fingerprint density at radius 1 is 1.41 bits per heavy atom. The molecule has 1 aromatic carbocycles. The molecule has 0 atom stereocenters. The molecule has 0 fully saturated rings. The fourth-order valence-electron chi connectivity index (χ4n) is 1.40. The van der Waals surface area contributed by atoms with Crippen LogP contribution in [0.25, 0.3) is 0 Å². The van der Waals surface area contributed by atoms with E-state index in [1.54, 1.807) is 23.5 Å². The third-order valence-corrected chi connectivity index (χ3v) is 3.74. The summed E-state index contributed by atoms with van der Waals surface area (Å²) in [5, 5.41) is 16.0. The van der Waals surface area contributed by atoms with Crippen molar-refractivity contribution >= 4 is 45.3 Å². The Labute approximate surface area is 116 Å². The molecule has 4 nitrogen and oxygen atoms in total. The van der Waals surface area contributed by atoms with Crippen molar-refractivity contribution in [3.63, 3.8) is 0 Å². The molecule has 2 rings (SSSR count). The van der Waals surface area contributed by atoms with Crippen LogP contribution in [0.1, 0.15) is 4.88 Å². The van der Waals surface area contributed by atoms with E-state index in [2.05, 4.69) is 27.9 Å². The quantitative estimate of drug-likeness (QED) is 0.512. The van der Waals surface area contributed by atoms with E-state index >= 15 is 0 Å². The van der Waals surface area contributed by atoms with Gasteiger partial charge in [0.25, 0.3) is 5.69 Å². The lowest BCUT2D eigenvalue weighted by Gasteiger charge is -2.05. The molecule has 0 amide bonds. The number of hydrogen-bond donors (Lipinski definition) is 1. The maximum absolute atomic E-state index is 10.9. The normalized spacial score (nSPS) is 10.2. The molecule has 88 valence electrons. The van der Waals surface area contributed by atoms with Crippen LogP contribution in [0.4, 0.5) is 11.4 Å². The molecule has 6 heteroatoms. The van der Waals surface area contributed by atoms with Gasteiger partial charge >= 0.3 is 0 Å². The minimum absolute atomic E-state index is 0.119. The standard InChI is InChI=1S/C11H9IN2O2S/c12-8-3-4-10(11(6-8)14(15)16)13-7-9-2-1-5-17-9/h1-6,13H,7H2. The molecule has 0 bridgehead atoms. The topological polar surface area (TPSA) is 55.2 Å². The van der Waals surface area contributed by atoms with Crippen molar-refractivity contribution in [1.82, 2.24) is 0 Å². The summed E-state index contributed by atoms with van der Waals surface area (Å²) < 4.78 is 0.857. The zero-order valence-corrected chi connectivity index (χ0v) is 11.7. The third kappa shape index (κ3) is 3.16. The maximum Gasteiger partial charge on any atom is 0.293 e. The first-order valence-electron chi connectivity index (χ1n) is 4.87. The molecule has 0 aliphatic rings. The first-order chi connectivity index (χ1) is 8.16. The van der Waals surface area contributed by atoms with Gasteiger partial charge in [-0.2, -0.15) is 0 Å². The maximum atomic E-state index is 10.9. The zero-order chi connectivity index (χ0) is 12.3. The Morgan fingerprint density at radius 2 is 2.24 bits per heavy atom. The van der Waals surface area contributed by atoms with Crippen LogP contribution in [0, 0.1) is 13.7 Å². The average molecular weight is 360 g/mol. The summed E-state index contributed by atoms with van der Waals surface area (Å²) in [7, 11) is 0. The summed E-state index contributed by atoms with van der Waals surface area (Å²) in [6.45, 7) is 0.610. The van der Waals surface area contributed by atoms with Gasteiger partial charge in [-0.3, -0.25) is 10.1 Å². The Kier molecular flexibility index (Phi) is 3.95. The van der Waals surface area contributed by atoms with Crippen molar-refractivity contribution in [3.8, 4) is 0 Å². The van der Waals surface area contributed by atoms with Crippen LogP contribution in [0.2, 0.25) is 0 Å². The van der Waals surface area contributed by atoms with E-state index in [-0.39, 0.29) is 10.6 Å². The number of anilines is 1. The van der Waals surface area contributed by atoms with Gasteiger partial charge in [0.1, 0.15) is 5.69 Å². The molecular formula is C11H9IN2O2S. The molecular weight excluding hydrogens is 351 g/mol. The van der Waals surface area contributed by atoms with Crippen molar-refractivity contribution in [2.75, 3.05) is 5.32 Å². The Bertz CT molecular complexity index is 528. The molecule has 0 aliphatic carbocycles. The van der Waals surface area contributed by atoms with Gasteiger partial charge < -0.3 is 5.32 Å². The lowest BCUT2D eigenvalue weighted by molar-refractivity contribution is -0.384. The highest BCUT2D eigenvalue weighted by atomic mass is 127. The molecule has 0 radical (unpaired) electrons. The predicted molar refractivity (Wildman–Crippen MR) is 77.5 cm³/mol. The second-order valence-corrected chi connectivity index (χ2v) is 5.63. The summed E-state index contributed by atoms with van der Waals surface area (Å²) in [6, 6.07) is 9.12. The zero-order valence-electron chi connectivity index (χ0n) is 8.72. The summed E-state index contributed by atoms with van der Waals surface area (Å²) in [5.41, 5.74) is 0.678. The number of nitro groups is 1. The third-order valence-electron chi connectivity index (χ3n) is 2.19. The van der Waals surface area contributed by atoms with Crippen LogP contribution in [-0.2, 0) is 6.54 Å². The van der Waals surface area contributed by atoms with Gasteiger partial charge in [0.15, 0.2) is 0 Å². The lowest BCUT2D eigenvalue weighted by Crippen LogP contribution is -2.01. The molecule has 2 aromatic rings. The second kappa shape index (κ2) is 5.46. The fraction of sp³-hybridized carbons (Fsp3) is 0.0909. The van der Waals surface area contributed by atoms with Gasteiger partial charge in [-0.1, -0.05) is 6.07 Å². The van der Waals surface area contributed by atoms with E-state index < -0.39 is 0 Å². The number of nitro benzene ring substituents is 1. The number of thiophene rings is 1. The summed E-state index contributed by atoms with van der Waals surface area (Å²) in [6.07, 6.45) is 0. The number of nitrogens with zero attached hydrogens (tertiary/aromatic N) is 1. The SMILES string of the molecule is O=[N+]([O-])c1cc(I)ccc1NCc1cccs1. The number of hydrogen-bond acceptors (Lipinski definition) is 4. The van der Waals surface area contributed by atoms with Crippen molar-refractivity contribution in [2.24, 2.45) is 0 Å². The number of rotatable bonds is 4. The van der Waals surface area contributed by atoms with Gasteiger partial charge in [0.05, 0.1) is 4.92 Å². The van der Waals surface area contributed by atoms with Crippen molar-refractivity contribution < 1.29 is 4.92 Å². The van der Waals surface area contributed by atoms with E-state index in [9.17, 15) is 10.1 Å². The molecule has 0 unspecified atom stereocenters. The first-order valence-corrected chi connectivity index (χ1v) is 6.83. The lowest BCUT2D eigenvalue weighted by atomic mass is 10.2. The van der Waals surface area contributed by atoms with Crippen LogP contribution in [-0.4, -0.2) is 4.92 Å². The van der Waals surface area contributed by atoms with Gasteiger partial charge in [0.2, 0.25) is 0 Å². The van der Waals surface area contributed by atoms with Crippen molar-refractivity contribution in [2.45, 2.75) is 6.54 Å². The molecule has 0 saturated carbocycles. The van der Waals surface area contributed by atoms with Crippen LogP contribution in [0.5, 0.6) is 0 Å². The summed E-state index contributed by atoms with van der Waals surface area (Å²) >= 11 is 3.69. The molecule has 1 aromatic heterocycles. The smallest absolute Gasteiger partial charge is 0.293 e. The molecule has 0 spiro atoms. The van der Waals surface area contributed by atoms with Crippen molar-refractivity contribution in [3.05, 3.63) is 54.3 Å². The highest BCUT2D eigenvalue weighted by Gasteiger charge is 2.13. The number of halogens is 1. The number of nitrogens with one attached hydrogen (secondary N) is 1. The highest BCUT2D eigenvalue weighted by Crippen LogP contribution is 2.27. The van der Waals surface area contributed by atoms with Crippen LogP contribution >= 0.6 is 33.9 Å². The molecule has 1 N–H and O–H groups in total. The second-order valence-electron chi connectivity index (χ2n) is 3.35. The van der Waals surface area contributed by atoms with E-state index in [1.165, 1.54) is 0 Å². The van der Waals surface area contributed by atoms with E-state index in [1.807, 2.05) is 23.6 Å². The molecule has 17 heavy (non-hydrogen) atoms. The van der Waals surface area contributed by atoms with Crippen LogP contribution < -0.4 is 5.32 Å². The summed E-state index contributed by atoms with van der Waals surface area (Å²) in [4.78, 5) is 11.7. The number of benzene rings is 1. The molecule has 0 aliphatic heterocycles. The summed E-state index contributed by atoms with van der Waals surface area (Å²) in [5.74, 6) is 0. The highest BCUT2D eigenvalue weighted by molar-refractivity contribution is 14.1.